The Bertz CT molecular complexity index is 552. The molecule has 1 N–H and O–H groups in total. The molecule has 0 radical (unpaired) electrons. The first kappa shape index (κ1) is 12.6. The van der Waals surface area contributed by atoms with E-state index in [-0.39, 0.29) is 5.95 Å². The standard InChI is InChI=1S/C10H10F4N4/c1-6-2-3-18-7(4-6)16-9(17-18)15-5-10(13,14)8(11)12/h2-4,8H,5H2,1H3,(H,15,17). The Kier molecular flexibility index (Phi) is 3.10. The quantitative estimate of drug-likeness (QED) is 0.860. The van der Waals surface area contributed by atoms with Gasteiger partial charge in [-0.25, -0.2) is 13.3 Å². The molecule has 2 rings (SSSR count). The van der Waals surface area contributed by atoms with Crippen LogP contribution in [0.4, 0.5) is 23.5 Å². The maximum absolute atomic E-state index is 12.7. The van der Waals surface area contributed by atoms with Crippen molar-refractivity contribution in [1.82, 2.24) is 14.6 Å². The molecule has 8 heteroatoms. The van der Waals surface area contributed by atoms with Crippen LogP contribution in [0.3, 0.4) is 0 Å². The van der Waals surface area contributed by atoms with Gasteiger partial charge in [-0.05, 0) is 24.6 Å². The van der Waals surface area contributed by atoms with Gasteiger partial charge in [0.05, 0.1) is 6.54 Å². The molecule has 0 saturated carbocycles. The number of fused-ring (bicyclic) bond motifs is 1. The van der Waals surface area contributed by atoms with E-state index >= 15 is 0 Å². The molecular weight excluding hydrogens is 252 g/mol. The number of aromatic nitrogens is 3. The third kappa shape index (κ3) is 2.52. The number of halogens is 4. The summed E-state index contributed by atoms with van der Waals surface area (Å²) in [5.74, 6) is -4.21. The van der Waals surface area contributed by atoms with Crippen molar-refractivity contribution in [2.75, 3.05) is 11.9 Å². The maximum Gasteiger partial charge on any atom is 0.324 e. The van der Waals surface area contributed by atoms with Crippen LogP contribution in [0.15, 0.2) is 18.3 Å². The second kappa shape index (κ2) is 4.43. The van der Waals surface area contributed by atoms with Gasteiger partial charge in [0.1, 0.15) is 0 Å². The van der Waals surface area contributed by atoms with E-state index in [4.69, 9.17) is 0 Å². The summed E-state index contributed by atoms with van der Waals surface area (Å²) >= 11 is 0. The van der Waals surface area contributed by atoms with Gasteiger partial charge in [-0.15, -0.1) is 5.10 Å². The molecule has 2 heterocycles. The molecule has 0 aromatic carbocycles. The lowest BCUT2D eigenvalue weighted by Gasteiger charge is -2.14. The first-order chi connectivity index (χ1) is 8.38. The predicted octanol–water partition coefficient (Wildman–Crippen LogP) is 2.35. The second-order valence-corrected chi connectivity index (χ2v) is 3.86. The van der Waals surface area contributed by atoms with Crippen molar-refractivity contribution in [2.45, 2.75) is 19.3 Å². The Morgan fingerprint density at radius 2 is 2.17 bits per heavy atom. The van der Waals surface area contributed by atoms with Gasteiger partial charge < -0.3 is 5.32 Å². The summed E-state index contributed by atoms with van der Waals surface area (Å²) < 4.78 is 50.6. The van der Waals surface area contributed by atoms with E-state index < -0.39 is 18.9 Å². The molecule has 0 aliphatic carbocycles. The summed E-state index contributed by atoms with van der Waals surface area (Å²) in [6, 6.07) is 3.46. The smallest absolute Gasteiger partial charge is 0.324 e. The van der Waals surface area contributed by atoms with E-state index in [1.807, 2.05) is 6.92 Å². The number of nitrogens with one attached hydrogen (secondary N) is 1. The molecule has 2 aromatic rings. The molecule has 18 heavy (non-hydrogen) atoms. The lowest BCUT2D eigenvalue weighted by Crippen LogP contribution is -2.35. The fourth-order valence-electron chi connectivity index (χ4n) is 1.33. The Hall–Kier alpha value is -1.86. The number of aryl methyl sites for hydroxylation is 1. The highest BCUT2D eigenvalue weighted by atomic mass is 19.3. The number of nitrogens with zero attached hydrogens (tertiary/aromatic N) is 3. The number of pyridine rings is 1. The van der Waals surface area contributed by atoms with Crippen LogP contribution in [0.2, 0.25) is 0 Å². The summed E-state index contributed by atoms with van der Waals surface area (Å²) in [7, 11) is 0. The van der Waals surface area contributed by atoms with Gasteiger partial charge in [0.25, 0.3) is 0 Å². The van der Waals surface area contributed by atoms with E-state index in [0.717, 1.165) is 5.56 Å². The minimum atomic E-state index is -4.10. The SMILES string of the molecule is Cc1ccn2nc(NCC(F)(F)C(F)F)nc2c1. The summed E-state index contributed by atoms with van der Waals surface area (Å²) in [6.45, 7) is 0.632. The third-order valence-electron chi connectivity index (χ3n) is 2.29. The lowest BCUT2D eigenvalue weighted by molar-refractivity contribution is -0.117. The number of alkyl halides is 4. The van der Waals surface area contributed by atoms with E-state index in [1.54, 1.807) is 18.3 Å². The Morgan fingerprint density at radius 3 is 2.83 bits per heavy atom. The zero-order valence-corrected chi connectivity index (χ0v) is 9.37. The molecule has 0 fully saturated rings. The zero-order chi connectivity index (χ0) is 13.3. The average molecular weight is 262 g/mol. The highest BCUT2D eigenvalue weighted by molar-refractivity contribution is 5.45. The molecule has 4 nitrogen and oxygen atoms in total. The number of hydrogen-bond donors (Lipinski definition) is 1. The summed E-state index contributed by atoms with van der Waals surface area (Å²) in [4.78, 5) is 3.90. The van der Waals surface area contributed by atoms with Gasteiger partial charge in [-0.1, -0.05) is 0 Å². The Morgan fingerprint density at radius 1 is 1.44 bits per heavy atom. The number of anilines is 1. The van der Waals surface area contributed by atoms with Gasteiger partial charge in [0.2, 0.25) is 5.95 Å². The van der Waals surface area contributed by atoms with E-state index in [9.17, 15) is 17.6 Å². The molecule has 0 amide bonds. The van der Waals surface area contributed by atoms with Crippen molar-refractivity contribution in [1.29, 1.82) is 0 Å². The highest BCUT2D eigenvalue weighted by Crippen LogP contribution is 2.22. The minimum absolute atomic E-state index is 0.110. The van der Waals surface area contributed by atoms with Crippen molar-refractivity contribution < 1.29 is 17.6 Å². The minimum Gasteiger partial charge on any atom is -0.347 e. The summed E-state index contributed by atoms with van der Waals surface area (Å²) in [6.07, 6.45) is -2.11. The fourth-order valence-corrected chi connectivity index (χ4v) is 1.33. The van der Waals surface area contributed by atoms with Crippen molar-refractivity contribution in [3.63, 3.8) is 0 Å². The lowest BCUT2D eigenvalue weighted by atomic mass is 10.3. The van der Waals surface area contributed by atoms with Crippen LogP contribution in [0, 0.1) is 6.92 Å². The number of rotatable bonds is 4. The molecular formula is C10H10F4N4. The predicted molar refractivity (Wildman–Crippen MR) is 57.2 cm³/mol. The van der Waals surface area contributed by atoms with Gasteiger partial charge in [0.15, 0.2) is 5.65 Å². The maximum atomic E-state index is 12.7. The van der Waals surface area contributed by atoms with Crippen molar-refractivity contribution in [3.05, 3.63) is 23.9 Å². The molecule has 0 bridgehead atoms. The fraction of sp³-hybridized carbons (Fsp3) is 0.400. The first-order valence-corrected chi connectivity index (χ1v) is 5.11. The van der Waals surface area contributed by atoms with E-state index in [1.165, 1.54) is 4.52 Å². The van der Waals surface area contributed by atoms with Crippen LogP contribution in [-0.4, -0.2) is 33.5 Å². The molecule has 0 spiro atoms. The van der Waals surface area contributed by atoms with Gasteiger partial charge in [0, 0.05) is 6.20 Å². The van der Waals surface area contributed by atoms with Crippen LogP contribution >= 0.6 is 0 Å². The monoisotopic (exact) mass is 262 g/mol. The summed E-state index contributed by atoms with van der Waals surface area (Å²) in [5.41, 5.74) is 1.39. The van der Waals surface area contributed by atoms with Gasteiger partial charge >= 0.3 is 12.3 Å². The summed E-state index contributed by atoms with van der Waals surface area (Å²) in [5, 5.41) is 5.93. The van der Waals surface area contributed by atoms with Crippen LogP contribution in [0.25, 0.3) is 5.65 Å². The van der Waals surface area contributed by atoms with Crippen LogP contribution < -0.4 is 5.32 Å². The molecule has 0 saturated heterocycles. The third-order valence-corrected chi connectivity index (χ3v) is 2.29. The second-order valence-electron chi connectivity index (χ2n) is 3.86. The van der Waals surface area contributed by atoms with E-state index in [0.29, 0.717) is 5.65 Å². The molecule has 0 aliphatic heterocycles. The normalized spacial score (nSPS) is 12.3. The largest absolute Gasteiger partial charge is 0.347 e. The van der Waals surface area contributed by atoms with Crippen molar-refractivity contribution >= 4 is 11.6 Å². The Labute approximate surface area is 99.6 Å². The van der Waals surface area contributed by atoms with Crippen molar-refractivity contribution in [2.24, 2.45) is 0 Å². The molecule has 0 aliphatic rings. The first-order valence-electron chi connectivity index (χ1n) is 5.11. The molecule has 0 unspecified atom stereocenters. The molecule has 0 atom stereocenters. The van der Waals surface area contributed by atoms with Gasteiger partial charge in [-0.3, -0.25) is 0 Å². The van der Waals surface area contributed by atoms with Gasteiger partial charge in [-0.2, -0.15) is 13.8 Å². The zero-order valence-electron chi connectivity index (χ0n) is 9.37. The molecule has 2 aromatic heterocycles. The Balaban J connectivity index is 2.13. The highest BCUT2D eigenvalue weighted by Gasteiger charge is 2.40. The molecule has 98 valence electrons. The van der Waals surface area contributed by atoms with Crippen LogP contribution in [0.1, 0.15) is 5.56 Å². The number of hydrogen-bond acceptors (Lipinski definition) is 3. The average Bonchev–Trinajstić information content (AvgIpc) is 2.68. The van der Waals surface area contributed by atoms with Crippen LogP contribution in [0.5, 0.6) is 0 Å². The van der Waals surface area contributed by atoms with Crippen molar-refractivity contribution in [3.8, 4) is 0 Å². The van der Waals surface area contributed by atoms with E-state index in [2.05, 4.69) is 15.4 Å². The topological polar surface area (TPSA) is 42.2 Å². The van der Waals surface area contributed by atoms with Crippen LogP contribution in [-0.2, 0) is 0 Å².